The molecule has 3 rings (SSSR count). The van der Waals surface area contributed by atoms with Crippen LogP contribution >= 0.6 is 11.6 Å². The first-order valence-electron chi connectivity index (χ1n) is 8.21. The predicted molar refractivity (Wildman–Crippen MR) is 78.2 cm³/mol. The maximum absolute atomic E-state index is 6.35. The molecule has 1 nitrogen and oxygen atoms in total. The Morgan fingerprint density at radius 1 is 0.889 bits per heavy atom. The molecule has 3 fully saturated rings. The van der Waals surface area contributed by atoms with Gasteiger partial charge in [0, 0.05) is 18.0 Å². The van der Waals surface area contributed by atoms with Crippen LogP contribution in [0, 0.1) is 11.8 Å². The second-order valence-corrected chi connectivity index (χ2v) is 7.50. The van der Waals surface area contributed by atoms with Gasteiger partial charge in [0.15, 0.2) is 0 Å². The molecule has 0 aromatic heterocycles. The largest absolute Gasteiger partial charge is 0.300 e. The summed E-state index contributed by atoms with van der Waals surface area (Å²) in [7, 11) is 0. The molecule has 4 atom stereocenters. The van der Waals surface area contributed by atoms with Crippen LogP contribution in [0.5, 0.6) is 0 Å². The molecular formula is C16H28ClN. The summed E-state index contributed by atoms with van der Waals surface area (Å²) in [4.78, 5) is 2.85. The molecule has 2 heteroatoms. The maximum atomic E-state index is 6.35. The average molecular weight is 270 g/mol. The second-order valence-electron chi connectivity index (χ2n) is 6.88. The van der Waals surface area contributed by atoms with Gasteiger partial charge in [-0.3, -0.25) is 4.90 Å². The number of alkyl halides is 1. The Balaban J connectivity index is 1.57. The van der Waals surface area contributed by atoms with Gasteiger partial charge in [0.25, 0.3) is 0 Å². The van der Waals surface area contributed by atoms with E-state index in [1.807, 2.05) is 0 Å². The van der Waals surface area contributed by atoms with Crippen molar-refractivity contribution in [3.05, 3.63) is 0 Å². The van der Waals surface area contributed by atoms with Gasteiger partial charge in [0.1, 0.15) is 0 Å². The number of hydrogen-bond donors (Lipinski definition) is 0. The molecule has 0 aromatic carbocycles. The lowest BCUT2D eigenvalue weighted by Crippen LogP contribution is -2.48. The van der Waals surface area contributed by atoms with Crippen molar-refractivity contribution in [1.29, 1.82) is 0 Å². The van der Waals surface area contributed by atoms with Crippen molar-refractivity contribution in [3.63, 3.8) is 0 Å². The molecule has 1 saturated heterocycles. The fourth-order valence-electron chi connectivity index (χ4n) is 4.68. The summed E-state index contributed by atoms with van der Waals surface area (Å²) in [6, 6.07) is 0.934. The van der Waals surface area contributed by atoms with E-state index in [4.69, 9.17) is 11.6 Å². The van der Waals surface area contributed by atoms with E-state index < -0.39 is 0 Å². The Morgan fingerprint density at radius 3 is 2.61 bits per heavy atom. The lowest BCUT2D eigenvalue weighted by atomic mass is 9.77. The van der Waals surface area contributed by atoms with Gasteiger partial charge in [0.05, 0.1) is 0 Å². The van der Waals surface area contributed by atoms with Gasteiger partial charge in [-0.2, -0.15) is 0 Å². The number of likely N-dealkylation sites (tertiary alicyclic amines) is 1. The minimum absolute atomic E-state index is 0.468. The standard InChI is InChI=1S/C16H28ClN/c17-15-8-3-5-13(11-15)12-18-10-4-7-14-6-1-2-9-16(14)18/h13-16H,1-12H2. The van der Waals surface area contributed by atoms with Crippen LogP contribution in [-0.4, -0.2) is 29.4 Å². The molecule has 3 aliphatic rings. The number of halogens is 1. The molecule has 0 aromatic rings. The molecule has 2 saturated carbocycles. The fraction of sp³-hybridized carbons (Fsp3) is 1.00. The Labute approximate surface area is 117 Å². The van der Waals surface area contributed by atoms with E-state index in [9.17, 15) is 0 Å². The number of piperidine rings is 1. The van der Waals surface area contributed by atoms with Gasteiger partial charge >= 0.3 is 0 Å². The van der Waals surface area contributed by atoms with E-state index in [0.29, 0.717) is 5.38 Å². The van der Waals surface area contributed by atoms with Crippen LogP contribution in [0.3, 0.4) is 0 Å². The monoisotopic (exact) mass is 269 g/mol. The first-order chi connectivity index (χ1) is 8.83. The third kappa shape index (κ3) is 3.04. The maximum Gasteiger partial charge on any atom is 0.0339 e. The minimum atomic E-state index is 0.468. The van der Waals surface area contributed by atoms with Gasteiger partial charge in [0.2, 0.25) is 0 Å². The van der Waals surface area contributed by atoms with E-state index in [1.165, 1.54) is 77.3 Å². The molecule has 1 heterocycles. The molecular weight excluding hydrogens is 242 g/mol. The molecule has 0 bridgehead atoms. The lowest BCUT2D eigenvalue weighted by molar-refractivity contribution is 0.0431. The van der Waals surface area contributed by atoms with Crippen LogP contribution in [-0.2, 0) is 0 Å². The number of nitrogens with zero attached hydrogens (tertiary/aromatic N) is 1. The summed E-state index contributed by atoms with van der Waals surface area (Å²) in [6.07, 6.45) is 14.2. The minimum Gasteiger partial charge on any atom is -0.300 e. The van der Waals surface area contributed by atoms with Gasteiger partial charge in [-0.1, -0.05) is 19.3 Å². The van der Waals surface area contributed by atoms with Crippen LogP contribution in [0.1, 0.15) is 64.2 Å². The quantitative estimate of drug-likeness (QED) is 0.670. The van der Waals surface area contributed by atoms with Gasteiger partial charge in [-0.05, 0) is 63.3 Å². The number of fused-ring (bicyclic) bond motifs is 1. The van der Waals surface area contributed by atoms with Crippen molar-refractivity contribution >= 4 is 11.6 Å². The highest BCUT2D eigenvalue weighted by atomic mass is 35.5. The van der Waals surface area contributed by atoms with Crippen molar-refractivity contribution in [2.75, 3.05) is 13.1 Å². The number of hydrogen-bond acceptors (Lipinski definition) is 1. The van der Waals surface area contributed by atoms with Crippen molar-refractivity contribution < 1.29 is 0 Å². The van der Waals surface area contributed by atoms with Crippen molar-refractivity contribution in [2.45, 2.75) is 75.6 Å². The topological polar surface area (TPSA) is 3.24 Å². The SMILES string of the molecule is ClC1CCCC(CN2CCCC3CCCCC32)C1. The normalized spacial score (nSPS) is 42.5. The predicted octanol–water partition coefficient (Wildman–Crippen LogP) is 4.44. The first kappa shape index (κ1) is 13.2. The molecule has 1 aliphatic heterocycles. The van der Waals surface area contributed by atoms with Crippen LogP contribution in [0.25, 0.3) is 0 Å². The molecule has 0 spiro atoms. The smallest absolute Gasteiger partial charge is 0.0339 e. The van der Waals surface area contributed by atoms with Crippen molar-refractivity contribution in [2.24, 2.45) is 11.8 Å². The Hall–Kier alpha value is 0.250. The van der Waals surface area contributed by atoms with Crippen molar-refractivity contribution in [3.8, 4) is 0 Å². The zero-order valence-corrected chi connectivity index (χ0v) is 12.4. The van der Waals surface area contributed by atoms with Gasteiger partial charge in [-0.15, -0.1) is 11.6 Å². The highest BCUT2D eigenvalue weighted by molar-refractivity contribution is 6.20. The van der Waals surface area contributed by atoms with E-state index in [2.05, 4.69) is 4.90 Å². The van der Waals surface area contributed by atoms with Gasteiger partial charge in [-0.25, -0.2) is 0 Å². The summed E-state index contributed by atoms with van der Waals surface area (Å²) in [5, 5.41) is 0.468. The third-order valence-electron chi connectivity index (χ3n) is 5.57. The molecule has 104 valence electrons. The summed E-state index contributed by atoms with van der Waals surface area (Å²) in [5.41, 5.74) is 0. The van der Waals surface area contributed by atoms with Gasteiger partial charge < -0.3 is 0 Å². The molecule has 0 N–H and O–H groups in total. The Bertz CT molecular complexity index is 266. The summed E-state index contributed by atoms with van der Waals surface area (Å²) >= 11 is 6.35. The van der Waals surface area contributed by atoms with Crippen LogP contribution in [0.4, 0.5) is 0 Å². The highest BCUT2D eigenvalue weighted by Crippen LogP contribution is 2.37. The van der Waals surface area contributed by atoms with Crippen LogP contribution in [0.2, 0.25) is 0 Å². The zero-order valence-electron chi connectivity index (χ0n) is 11.6. The lowest BCUT2D eigenvalue weighted by Gasteiger charge is -2.46. The van der Waals surface area contributed by atoms with Crippen molar-refractivity contribution in [1.82, 2.24) is 4.90 Å². The molecule has 2 aliphatic carbocycles. The fourth-order valence-corrected chi connectivity index (χ4v) is 5.08. The van der Waals surface area contributed by atoms with Crippen LogP contribution in [0.15, 0.2) is 0 Å². The molecule has 0 radical (unpaired) electrons. The van der Waals surface area contributed by atoms with E-state index in [1.54, 1.807) is 0 Å². The molecule has 4 unspecified atom stereocenters. The van der Waals surface area contributed by atoms with E-state index >= 15 is 0 Å². The van der Waals surface area contributed by atoms with E-state index in [-0.39, 0.29) is 0 Å². The summed E-state index contributed by atoms with van der Waals surface area (Å²) in [6.45, 7) is 2.72. The molecule has 18 heavy (non-hydrogen) atoms. The zero-order chi connectivity index (χ0) is 12.4. The summed E-state index contributed by atoms with van der Waals surface area (Å²) < 4.78 is 0. The van der Waals surface area contributed by atoms with Crippen LogP contribution < -0.4 is 0 Å². The average Bonchev–Trinajstić information content (AvgIpc) is 2.39. The first-order valence-corrected chi connectivity index (χ1v) is 8.64. The Kier molecular flexibility index (Phi) is 4.51. The van der Waals surface area contributed by atoms with E-state index in [0.717, 1.165) is 17.9 Å². The second kappa shape index (κ2) is 6.13. The third-order valence-corrected chi connectivity index (χ3v) is 5.97. The molecule has 0 amide bonds. The Morgan fingerprint density at radius 2 is 1.72 bits per heavy atom. The highest BCUT2D eigenvalue weighted by Gasteiger charge is 2.34. The number of rotatable bonds is 2. The summed E-state index contributed by atoms with van der Waals surface area (Å²) in [5.74, 6) is 1.92.